The number of imide groups is 1. The van der Waals surface area contributed by atoms with Gasteiger partial charge in [0.2, 0.25) is 11.8 Å². The van der Waals surface area contributed by atoms with E-state index in [1.165, 1.54) is 56.1 Å². The molecule has 3 N–H and O–H groups in total. The summed E-state index contributed by atoms with van der Waals surface area (Å²) in [6, 6.07) is 31.7. The van der Waals surface area contributed by atoms with E-state index in [1.54, 1.807) is 17.0 Å². The lowest BCUT2D eigenvalue weighted by atomic mass is 9.67. The maximum Gasteiger partial charge on any atom is 0.255 e. The molecule has 1 saturated carbocycles. The number of carbonyl (C=O) groups excluding carboxylic acids is 3. The highest BCUT2D eigenvalue weighted by molar-refractivity contribution is 6.05. The number of allylic oxidation sites excluding steroid dienone is 1. The number of nitrogens with one attached hydrogen (secondary N) is 2. The molecule has 66 heavy (non-hydrogen) atoms. The van der Waals surface area contributed by atoms with Crippen molar-refractivity contribution in [3.05, 3.63) is 125 Å². The second-order valence-corrected chi connectivity index (χ2v) is 19.2. The fourth-order valence-corrected chi connectivity index (χ4v) is 11.4. The first-order valence-electron chi connectivity index (χ1n) is 24.7. The molecule has 4 fully saturated rings. The Balaban J connectivity index is 0.810. The van der Waals surface area contributed by atoms with Crippen LogP contribution in [0.4, 0.5) is 0 Å². The Morgan fingerprint density at radius 3 is 2.12 bits per heavy atom. The molecule has 3 saturated heterocycles. The fraction of sp³-hybridized carbons (Fsp3) is 0.473. The van der Waals surface area contributed by atoms with Gasteiger partial charge >= 0.3 is 0 Å². The van der Waals surface area contributed by atoms with Crippen LogP contribution in [0.15, 0.2) is 97.1 Å². The second kappa shape index (κ2) is 21.0. The molecule has 11 nitrogen and oxygen atoms in total. The SMILES string of the molecule is CC/C(=C(\c1ccc(O)cc1)c1ccc(OCCN2CCN(C3CC4(CCCCCCCCC4)C(Oc4ccc5c(c4)CN(C4CCC(=O)NC4=O)C5=O)CN3)CC2)cc1)c1ccccc1. The van der Waals surface area contributed by atoms with E-state index < -0.39 is 11.9 Å². The summed E-state index contributed by atoms with van der Waals surface area (Å²) < 4.78 is 13.4. The molecule has 3 unspecified atom stereocenters. The third-order valence-electron chi connectivity index (χ3n) is 15.0. The van der Waals surface area contributed by atoms with Crippen molar-refractivity contribution in [2.45, 2.75) is 115 Å². The molecular weight excluding hydrogens is 827 g/mol. The Morgan fingerprint density at radius 1 is 0.773 bits per heavy atom. The summed E-state index contributed by atoms with van der Waals surface area (Å²) in [7, 11) is 0. The molecule has 5 aliphatic rings. The number of phenolic OH excluding ortho intramolecular Hbond substituents is 1. The summed E-state index contributed by atoms with van der Waals surface area (Å²) >= 11 is 0. The third-order valence-corrected chi connectivity index (χ3v) is 15.0. The van der Waals surface area contributed by atoms with Gasteiger partial charge in [-0.15, -0.1) is 0 Å². The number of ether oxygens (including phenoxy) is 2. The van der Waals surface area contributed by atoms with Crippen LogP contribution in [-0.2, 0) is 16.1 Å². The van der Waals surface area contributed by atoms with Crippen LogP contribution in [0.2, 0.25) is 0 Å². The van der Waals surface area contributed by atoms with Gasteiger partial charge in [-0.2, -0.15) is 0 Å². The zero-order valence-electron chi connectivity index (χ0n) is 38.6. The van der Waals surface area contributed by atoms with Gasteiger partial charge in [0, 0.05) is 63.2 Å². The predicted molar refractivity (Wildman–Crippen MR) is 258 cm³/mol. The molecule has 4 heterocycles. The number of nitrogens with zero attached hydrogens (tertiary/aromatic N) is 3. The van der Waals surface area contributed by atoms with Crippen LogP contribution in [0.3, 0.4) is 0 Å². The molecule has 0 radical (unpaired) electrons. The number of carbonyl (C=O) groups is 3. The number of amides is 3. The number of aromatic hydroxyl groups is 1. The van der Waals surface area contributed by atoms with Gasteiger partial charge in [0.15, 0.2) is 0 Å². The first-order valence-corrected chi connectivity index (χ1v) is 24.7. The van der Waals surface area contributed by atoms with E-state index in [0.29, 0.717) is 31.3 Å². The number of rotatable bonds is 12. The van der Waals surface area contributed by atoms with Crippen molar-refractivity contribution in [3.63, 3.8) is 0 Å². The van der Waals surface area contributed by atoms with Gasteiger partial charge in [-0.05, 0) is 108 Å². The number of benzene rings is 4. The number of piperazine rings is 1. The van der Waals surface area contributed by atoms with Gasteiger partial charge in [0.05, 0.1) is 6.17 Å². The normalized spacial score (nSPS) is 23.5. The number of fused-ring (bicyclic) bond motifs is 1. The highest BCUT2D eigenvalue weighted by Crippen LogP contribution is 2.45. The van der Waals surface area contributed by atoms with Crippen LogP contribution >= 0.6 is 0 Å². The van der Waals surface area contributed by atoms with Crippen molar-refractivity contribution in [1.29, 1.82) is 0 Å². The van der Waals surface area contributed by atoms with Crippen LogP contribution < -0.4 is 20.1 Å². The standard InChI is InChI=1S/C55H67N5O6/c1-2-46(39-13-9-8-10-14-39)52(40-15-19-43(61)20-16-40)41-17-21-44(22-18-41)65-34-33-58-29-31-59(32-30-58)50-36-55(27-11-6-4-3-5-7-12-28-55)49(37-56-50)66-45-23-24-47-42(35-45)38-60(54(47)64)48-25-26-51(62)57-53(48)63/h8-10,13-24,35,48-50,56,61H,2-7,11-12,25-34,36-38H2,1H3,(H,57,62,63)/b52-46-. The topological polar surface area (TPSA) is 124 Å². The number of hydrogen-bond acceptors (Lipinski definition) is 9. The molecule has 9 rings (SSSR count). The van der Waals surface area contributed by atoms with E-state index in [0.717, 1.165) is 98.7 Å². The Kier molecular flexibility index (Phi) is 14.5. The zero-order chi connectivity index (χ0) is 45.5. The molecule has 3 amide bonds. The molecule has 4 aliphatic heterocycles. The van der Waals surface area contributed by atoms with Crippen molar-refractivity contribution >= 4 is 28.9 Å². The number of piperidine rings is 2. The van der Waals surface area contributed by atoms with Crippen molar-refractivity contribution in [3.8, 4) is 17.2 Å². The minimum absolute atomic E-state index is 0.00931. The van der Waals surface area contributed by atoms with Gasteiger partial charge in [-0.3, -0.25) is 34.8 Å². The minimum atomic E-state index is -0.632. The monoisotopic (exact) mass is 894 g/mol. The lowest BCUT2D eigenvalue weighted by molar-refractivity contribution is -0.136. The van der Waals surface area contributed by atoms with E-state index >= 15 is 0 Å². The molecule has 4 aromatic carbocycles. The number of hydrogen-bond donors (Lipinski definition) is 3. The quantitative estimate of drug-likeness (QED) is 0.0947. The number of phenols is 1. The Morgan fingerprint density at radius 2 is 1.44 bits per heavy atom. The summed E-state index contributed by atoms with van der Waals surface area (Å²) in [5.41, 5.74) is 7.34. The van der Waals surface area contributed by atoms with Crippen molar-refractivity contribution in [2.75, 3.05) is 45.9 Å². The summed E-state index contributed by atoms with van der Waals surface area (Å²) in [6.45, 7) is 8.81. The Hall–Kier alpha value is -5.49. The van der Waals surface area contributed by atoms with Crippen molar-refractivity contribution in [1.82, 2.24) is 25.3 Å². The first-order chi connectivity index (χ1) is 32.3. The van der Waals surface area contributed by atoms with Crippen molar-refractivity contribution in [2.24, 2.45) is 5.41 Å². The maximum absolute atomic E-state index is 13.4. The molecule has 0 bridgehead atoms. The van der Waals surface area contributed by atoms with E-state index in [1.807, 2.05) is 36.4 Å². The minimum Gasteiger partial charge on any atom is -0.508 e. The van der Waals surface area contributed by atoms with Gasteiger partial charge < -0.3 is 19.5 Å². The van der Waals surface area contributed by atoms with Crippen LogP contribution in [0.1, 0.15) is 123 Å². The van der Waals surface area contributed by atoms with Crippen LogP contribution in [0.25, 0.3) is 11.1 Å². The molecular formula is C55H67N5O6. The highest BCUT2D eigenvalue weighted by atomic mass is 16.5. The largest absolute Gasteiger partial charge is 0.508 e. The second-order valence-electron chi connectivity index (χ2n) is 19.2. The lowest BCUT2D eigenvalue weighted by Crippen LogP contribution is -2.63. The smallest absolute Gasteiger partial charge is 0.255 e. The molecule has 3 atom stereocenters. The summed E-state index contributed by atoms with van der Waals surface area (Å²) in [5.74, 6) is 1.08. The van der Waals surface area contributed by atoms with E-state index in [2.05, 4.69) is 75.9 Å². The van der Waals surface area contributed by atoms with Crippen LogP contribution in [0, 0.1) is 5.41 Å². The predicted octanol–water partition coefficient (Wildman–Crippen LogP) is 8.80. The third kappa shape index (κ3) is 10.4. The Labute approximate surface area is 390 Å². The van der Waals surface area contributed by atoms with Gasteiger partial charge in [-0.25, -0.2) is 0 Å². The molecule has 348 valence electrons. The summed E-state index contributed by atoms with van der Waals surface area (Å²) in [6.07, 6.45) is 14.0. The molecule has 1 spiro atoms. The lowest BCUT2D eigenvalue weighted by Gasteiger charge is -2.51. The van der Waals surface area contributed by atoms with Crippen LogP contribution in [-0.4, -0.2) is 102 Å². The molecule has 0 aromatic heterocycles. The first kappa shape index (κ1) is 45.7. The van der Waals surface area contributed by atoms with E-state index in [9.17, 15) is 19.5 Å². The highest BCUT2D eigenvalue weighted by Gasteiger charge is 2.47. The maximum atomic E-state index is 13.4. The van der Waals surface area contributed by atoms with Gasteiger partial charge in [-0.1, -0.05) is 106 Å². The van der Waals surface area contributed by atoms with Crippen molar-refractivity contribution < 1.29 is 29.0 Å². The van der Waals surface area contributed by atoms with E-state index in [-0.39, 0.29) is 35.5 Å². The average molecular weight is 894 g/mol. The molecule has 1 aliphatic carbocycles. The summed E-state index contributed by atoms with van der Waals surface area (Å²) in [4.78, 5) is 44.7. The summed E-state index contributed by atoms with van der Waals surface area (Å²) in [5, 5.41) is 16.4. The van der Waals surface area contributed by atoms with Crippen LogP contribution in [0.5, 0.6) is 17.2 Å². The molecule has 4 aromatic rings. The molecule has 11 heteroatoms. The fourth-order valence-electron chi connectivity index (χ4n) is 11.4. The van der Waals surface area contributed by atoms with Gasteiger partial charge in [0.1, 0.15) is 36.0 Å². The zero-order valence-corrected chi connectivity index (χ0v) is 38.6. The average Bonchev–Trinajstić information content (AvgIpc) is 3.66. The van der Waals surface area contributed by atoms with Gasteiger partial charge in [0.25, 0.3) is 5.91 Å². The Bertz CT molecular complexity index is 2330. The van der Waals surface area contributed by atoms with E-state index in [4.69, 9.17) is 9.47 Å².